The number of anilines is 1. The Balaban J connectivity index is 2.09. The zero-order valence-corrected chi connectivity index (χ0v) is 11.6. The maximum Gasteiger partial charge on any atom is 0.320 e. The molecule has 2 atom stereocenters. The number of likely N-dealkylation sites (N-methyl/N-ethyl adjacent to an activating group) is 1. The molecule has 1 heterocycles. The number of rotatable bonds is 5. The molecule has 1 aromatic rings. The standard InChI is InChI=1S/C15H22N2O2/c1-11-7-8-12-5-3-4-6-14(12)17(11)10-9-13(16-2)15(18)19/h3-6,11,13,16H,7-10H2,1-2H3,(H,18,19). The lowest BCUT2D eigenvalue weighted by Crippen LogP contribution is -2.42. The maximum absolute atomic E-state index is 11.0. The van der Waals surface area contributed by atoms with Gasteiger partial charge in [0.1, 0.15) is 6.04 Å². The highest BCUT2D eigenvalue weighted by Crippen LogP contribution is 2.30. The van der Waals surface area contributed by atoms with Gasteiger partial charge < -0.3 is 15.3 Å². The summed E-state index contributed by atoms with van der Waals surface area (Å²) in [7, 11) is 1.70. The van der Waals surface area contributed by atoms with E-state index in [1.807, 2.05) is 0 Å². The van der Waals surface area contributed by atoms with Gasteiger partial charge in [-0.3, -0.25) is 4.79 Å². The molecular weight excluding hydrogens is 240 g/mol. The van der Waals surface area contributed by atoms with Gasteiger partial charge in [-0.05, 0) is 44.9 Å². The van der Waals surface area contributed by atoms with Crippen LogP contribution in [0.1, 0.15) is 25.3 Å². The van der Waals surface area contributed by atoms with Crippen LogP contribution in [-0.4, -0.2) is 36.8 Å². The van der Waals surface area contributed by atoms with Gasteiger partial charge in [-0.1, -0.05) is 18.2 Å². The quantitative estimate of drug-likeness (QED) is 0.851. The fourth-order valence-electron chi connectivity index (χ4n) is 2.76. The van der Waals surface area contributed by atoms with E-state index in [1.54, 1.807) is 7.05 Å². The van der Waals surface area contributed by atoms with Crippen LogP contribution in [0.4, 0.5) is 5.69 Å². The van der Waals surface area contributed by atoms with Crippen molar-refractivity contribution < 1.29 is 9.90 Å². The Bertz CT molecular complexity index is 448. The normalized spacial score (nSPS) is 19.9. The van der Waals surface area contributed by atoms with Crippen LogP contribution in [0.2, 0.25) is 0 Å². The van der Waals surface area contributed by atoms with Crippen molar-refractivity contribution in [1.29, 1.82) is 0 Å². The average molecular weight is 262 g/mol. The van der Waals surface area contributed by atoms with Gasteiger partial charge in [0.05, 0.1) is 0 Å². The highest BCUT2D eigenvalue weighted by molar-refractivity contribution is 5.73. The predicted octanol–water partition coefficient (Wildman–Crippen LogP) is 1.89. The van der Waals surface area contributed by atoms with Crippen LogP contribution in [0.25, 0.3) is 0 Å². The highest BCUT2D eigenvalue weighted by atomic mass is 16.4. The first-order valence-corrected chi connectivity index (χ1v) is 6.88. The number of aliphatic carboxylic acids is 1. The minimum Gasteiger partial charge on any atom is -0.480 e. The molecular formula is C15H22N2O2. The van der Waals surface area contributed by atoms with E-state index < -0.39 is 12.0 Å². The number of carbonyl (C=O) groups is 1. The fourth-order valence-corrected chi connectivity index (χ4v) is 2.76. The summed E-state index contributed by atoms with van der Waals surface area (Å²) in [6.07, 6.45) is 2.86. The minimum absolute atomic E-state index is 0.471. The molecule has 0 aliphatic carbocycles. The number of benzene rings is 1. The number of para-hydroxylation sites is 1. The molecule has 0 amide bonds. The van der Waals surface area contributed by atoms with Crippen molar-refractivity contribution in [2.24, 2.45) is 0 Å². The monoisotopic (exact) mass is 262 g/mol. The molecule has 0 bridgehead atoms. The lowest BCUT2D eigenvalue weighted by atomic mass is 9.96. The van der Waals surface area contributed by atoms with Gasteiger partial charge in [0.25, 0.3) is 0 Å². The van der Waals surface area contributed by atoms with E-state index in [9.17, 15) is 4.79 Å². The molecule has 0 spiro atoms. The summed E-state index contributed by atoms with van der Waals surface area (Å²) < 4.78 is 0. The Morgan fingerprint density at radius 2 is 2.26 bits per heavy atom. The summed E-state index contributed by atoms with van der Waals surface area (Å²) in [5.74, 6) is -0.777. The molecule has 2 rings (SSSR count). The smallest absolute Gasteiger partial charge is 0.320 e. The molecule has 4 heteroatoms. The van der Waals surface area contributed by atoms with E-state index in [4.69, 9.17) is 5.11 Å². The molecule has 19 heavy (non-hydrogen) atoms. The Kier molecular flexibility index (Phi) is 4.43. The molecule has 1 aromatic carbocycles. The Morgan fingerprint density at radius 1 is 1.53 bits per heavy atom. The van der Waals surface area contributed by atoms with E-state index in [0.717, 1.165) is 19.4 Å². The third-order valence-electron chi connectivity index (χ3n) is 3.97. The van der Waals surface area contributed by atoms with Crippen LogP contribution in [0.5, 0.6) is 0 Å². The Labute approximate surface area is 114 Å². The highest BCUT2D eigenvalue weighted by Gasteiger charge is 2.24. The minimum atomic E-state index is -0.777. The van der Waals surface area contributed by atoms with Gasteiger partial charge in [-0.15, -0.1) is 0 Å². The molecule has 2 unspecified atom stereocenters. The SMILES string of the molecule is CNC(CCN1c2ccccc2CCC1C)C(=O)O. The Hall–Kier alpha value is -1.55. The zero-order chi connectivity index (χ0) is 13.8. The van der Waals surface area contributed by atoms with Crippen LogP contribution in [0, 0.1) is 0 Å². The number of carboxylic acid groups (broad SMARTS) is 1. The summed E-state index contributed by atoms with van der Waals surface area (Å²) >= 11 is 0. The third kappa shape index (κ3) is 3.07. The average Bonchev–Trinajstić information content (AvgIpc) is 2.41. The first kappa shape index (κ1) is 13.9. The number of hydrogen-bond acceptors (Lipinski definition) is 3. The second-order valence-electron chi connectivity index (χ2n) is 5.18. The van der Waals surface area contributed by atoms with E-state index >= 15 is 0 Å². The summed E-state index contributed by atoms with van der Waals surface area (Å²) in [5, 5.41) is 11.9. The number of aryl methyl sites for hydroxylation is 1. The number of carboxylic acids is 1. The van der Waals surface area contributed by atoms with Crippen molar-refractivity contribution in [2.45, 2.75) is 38.3 Å². The van der Waals surface area contributed by atoms with Crippen molar-refractivity contribution in [3.63, 3.8) is 0 Å². The molecule has 4 nitrogen and oxygen atoms in total. The van der Waals surface area contributed by atoms with Gasteiger partial charge in [0, 0.05) is 18.3 Å². The van der Waals surface area contributed by atoms with Crippen molar-refractivity contribution in [2.75, 3.05) is 18.5 Å². The van der Waals surface area contributed by atoms with Crippen LogP contribution >= 0.6 is 0 Å². The first-order chi connectivity index (χ1) is 9.13. The second kappa shape index (κ2) is 6.06. The largest absolute Gasteiger partial charge is 0.480 e. The zero-order valence-electron chi connectivity index (χ0n) is 11.6. The lowest BCUT2D eigenvalue weighted by Gasteiger charge is -2.37. The summed E-state index contributed by atoms with van der Waals surface area (Å²) in [6.45, 7) is 2.99. The van der Waals surface area contributed by atoms with Crippen LogP contribution in [0.3, 0.4) is 0 Å². The molecule has 1 aliphatic rings. The molecule has 0 aromatic heterocycles. The molecule has 0 fully saturated rings. The van der Waals surface area contributed by atoms with Crippen molar-refractivity contribution in [3.05, 3.63) is 29.8 Å². The van der Waals surface area contributed by atoms with Crippen LogP contribution < -0.4 is 10.2 Å². The maximum atomic E-state index is 11.0. The fraction of sp³-hybridized carbons (Fsp3) is 0.533. The van der Waals surface area contributed by atoms with Crippen molar-refractivity contribution in [1.82, 2.24) is 5.32 Å². The van der Waals surface area contributed by atoms with Gasteiger partial charge in [0.2, 0.25) is 0 Å². The predicted molar refractivity (Wildman–Crippen MR) is 76.7 cm³/mol. The second-order valence-corrected chi connectivity index (χ2v) is 5.18. The number of nitrogens with one attached hydrogen (secondary N) is 1. The van der Waals surface area contributed by atoms with Gasteiger partial charge in [-0.25, -0.2) is 0 Å². The summed E-state index contributed by atoms with van der Waals surface area (Å²) in [5.41, 5.74) is 2.64. The van der Waals surface area contributed by atoms with E-state index in [1.165, 1.54) is 11.3 Å². The molecule has 104 valence electrons. The number of nitrogens with zero attached hydrogens (tertiary/aromatic N) is 1. The van der Waals surface area contributed by atoms with Crippen molar-refractivity contribution in [3.8, 4) is 0 Å². The van der Waals surface area contributed by atoms with E-state index in [0.29, 0.717) is 12.5 Å². The topological polar surface area (TPSA) is 52.6 Å². The summed E-state index contributed by atoms with van der Waals surface area (Å²) in [4.78, 5) is 13.4. The first-order valence-electron chi connectivity index (χ1n) is 6.88. The molecule has 0 saturated carbocycles. The number of fused-ring (bicyclic) bond motifs is 1. The van der Waals surface area contributed by atoms with Crippen LogP contribution in [0.15, 0.2) is 24.3 Å². The van der Waals surface area contributed by atoms with E-state index in [2.05, 4.69) is 41.4 Å². The van der Waals surface area contributed by atoms with Gasteiger partial charge >= 0.3 is 5.97 Å². The molecule has 1 aliphatic heterocycles. The van der Waals surface area contributed by atoms with Gasteiger partial charge in [0.15, 0.2) is 0 Å². The van der Waals surface area contributed by atoms with Crippen LogP contribution in [-0.2, 0) is 11.2 Å². The third-order valence-corrected chi connectivity index (χ3v) is 3.97. The van der Waals surface area contributed by atoms with Crippen molar-refractivity contribution >= 4 is 11.7 Å². The summed E-state index contributed by atoms with van der Waals surface area (Å²) in [6, 6.07) is 8.43. The molecule has 0 saturated heterocycles. The van der Waals surface area contributed by atoms with E-state index in [-0.39, 0.29) is 0 Å². The molecule has 2 N–H and O–H groups in total. The molecule has 0 radical (unpaired) electrons. The number of hydrogen-bond donors (Lipinski definition) is 2. The Morgan fingerprint density at radius 3 is 2.95 bits per heavy atom. The van der Waals surface area contributed by atoms with Gasteiger partial charge in [-0.2, -0.15) is 0 Å². The lowest BCUT2D eigenvalue weighted by molar-refractivity contribution is -0.139.